The molecule has 1 aliphatic heterocycles. The predicted octanol–water partition coefficient (Wildman–Crippen LogP) is 4.57. The average Bonchev–Trinajstić information content (AvgIpc) is 2.66. The zero-order chi connectivity index (χ0) is 9.54. The second-order valence-corrected chi connectivity index (χ2v) is 5.43. The molecular formula is C10H6ClNS2. The number of nitrogens with one attached hydrogen (secondary N) is 1. The van der Waals surface area contributed by atoms with Gasteiger partial charge in [-0.2, -0.15) is 0 Å². The van der Waals surface area contributed by atoms with Gasteiger partial charge in [0.15, 0.2) is 0 Å². The molecule has 70 valence electrons. The van der Waals surface area contributed by atoms with E-state index in [1.165, 1.54) is 16.0 Å². The second kappa shape index (κ2) is 3.26. The van der Waals surface area contributed by atoms with Gasteiger partial charge in [0.05, 0.1) is 5.69 Å². The van der Waals surface area contributed by atoms with E-state index in [1.807, 2.05) is 24.3 Å². The maximum atomic E-state index is 6.19. The summed E-state index contributed by atoms with van der Waals surface area (Å²) < 4.78 is 3.29. The maximum Gasteiger partial charge on any atom is 0.0674 e. The summed E-state index contributed by atoms with van der Waals surface area (Å²) in [5.74, 6) is 0. The Hall–Kier alpha value is -0.510. The van der Waals surface area contributed by atoms with E-state index in [1.54, 1.807) is 21.8 Å². The Bertz CT molecular complexity index is 513. The van der Waals surface area contributed by atoms with Crippen LogP contribution in [0.25, 0.3) is 10.8 Å². The fraction of sp³-hybridized carbons (Fsp3) is 0. The summed E-state index contributed by atoms with van der Waals surface area (Å²) in [5, 5.41) is 3.15. The summed E-state index contributed by atoms with van der Waals surface area (Å²) in [5.41, 5.74) is 1.19. The molecule has 0 saturated carbocycles. The Morgan fingerprint density at radius 3 is 2.79 bits per heavy atom. The highest BCUT2D eigenvalue weighted by Crippen LogP contribution is 2.49. The van der Waals surface area contributed by atoms with Crippen LogP contribution in [0.1, 0.15) is 0 Å². The van der Waals surface area contributed by atoms with E-state index >= 15 is 0 Å². The first-order valence-corrected chi connectivity index (χ1v) is 6.70. The van der Waals surface area contributed by atoms with Crippen LogP contribution in [0.2, 0.25) is 5.02 Å². The van der Waals surface area contributed by atoms with Crippen molar-refractivity contribution in [1.29, 1.82) is 0 Å². The zero-order valence-corrected chi connectivity index (χ0v) is 9.47. The Morgan fingerprint density at radius 1 is 1.14 bits per heavy atom. The first-order valence-electron chi connectivity index (χ1n) is 4.17. The average molecular weight is 240 g/mol. The monoisotopic (exact) mass is 239 g/mol. The molecule has 0 fully saturated rings. The lowest BCUT2D eigenvalue weighted by Gasteiger charge is -2.05. The first-order chi connectivity index (χ1) is 6.86. The molecule has 0 saturated heterocycles. The Balaban J connectivity index is 2.47. The molecule has 1 aliphatic rings. The van der Waals surface area contributed by atoms with Gasteiger partial charge in [-0.15, -0.1) is 0 Å². The lowest BCUT2D eigenvalue weighted by atomic mass is 10.1. The van der Waals surface area contributed by atoms with Gasteiger partial charge in [0.1, 0.15) is 0 Å². The fourth-order valence-electron chi connectivity index (χ4n) is 1.59. The predicted molar refractivity (Wildman–Crippen MR) is 66.0 cm³/mol. The van der Waals surface area contributed by atoms with Gasteiger partial charge in [-0.25, -0.2) is 0 Å². The first kappa shape index (κ1) is 8.77. The van der Waals surface area contributed by atoms with Gasteiger partial charge >= 0.3 is 0 Å². The van der Waals surface area contributed by atoms with Gasteiger partial charge in [-0.3, -0.25) is 0 Å². The minimum Gasteiger partial charge on any atom is -0.319 e. The van der Waals surface area contributed by atoms with E-state index in [-0.39, 0.29) is 0 Å². The Labute approximate surface area is 94.7 Å². The number of hydrogen-bond acceptors (Lipinski definition) is 3. The molecule has 0 aliphatic carbocycles. The number of benzene rings is 2. The van der Waals surface area contributed by atoms with Crippen molar-refractivity contribution in [3.63, 3.8) is 0 Å². The standard InChI is InChI=1S/C10H6ClNS2/c11-8-5-9-10(12-14-13-9)7-4-2-1-3-6(7)8/h1-5,12H. The summed E-state index contributed by atoms with van der Waals surface area (Å²) >= 11 is 6.19. The third-order valence-electron chi connectivity index (χ3n) is 2.23. The van der Waals surface area contributed by atoms with Crippen LogP contribution in [0.3, 0.4) is 0 Å². The van der Waals surface area contributed by atoms with Crippen LogP contribution in [0.15, 0.2) is 35.2 Å². The van der Waals surface area contributed by atoms with Crippen molar-refractivity contribution < 1.29 is 0 Å². The molecule has 2 aromatic rings. The van der Waals surface area contributed by atoms with Gasteiger partial charge < -0.3 is 4.72 Å². The molecule has 0 bridgehead atoms. The van der Waals surface area contributed by atoms with Crippen molar-refractivity contribution in [2.75, 3.05) is 4.72 Å². The van der Waals surface area contributed by atoms with E-state index in [0.29, 0.717) is 0 Å². The van der Waals surface area contributed by atoms with Crippen molar-refractivity contribution in [3.05, 3.63) is 35.4 Å². The highest BCUT2D eigenvalue weighted by molar-refractivity contribution is 8.77. The summed E-state index contributed by atoms with van der Waals surface area (Å²) in [6.45, 7) is 0. The van der Waals surface area contributed by atoms with Crippen LogP contribution in [0, 0.1) is 0 Å². The lowest BCUT2D eigenvalue weighted by Crippen LogP contribution is -1.83. The molecule has 0 radical (unpaired) electrons. The van der Waals surface area contributed by atoms with Crippen LogP contribution < -0.4 is 4.72 Å². The molecule has 3 rings (SSSR count). The van der Waals surface area contributed by atoms with Crippen molar-refractivity contribution >= 4 is 49.8 Å². The molecular weight excluding hydrogens is 234 g/mol. The van der Waals surface area contributed by atoms with Crippen LogP contribution in [0.4, 0.5) is 5.69 Å². The number of fused-ring (bicyclic) bond motifs is 3. The highest BCUT2D eigenvalue weighted by Gasteiger charge is 2.16. The van der Waals surface area contributed by atoms with E-state index < -0.39 is 0 Å². The molecule has 0 spiro atoms. The molecule has 0 aromatic heterocycles. The van der Waals surface area contributed by atoms with Gasteiger partial charge in [-0.05, 0) is 16.9 Å². The molecule has 4 heteroatoms. The SMILES string of the molecule is Clc1cc2c(c3ccccc13)NSS2. The normalized spacial score (nSPS) is 14.1. The van der Waals surface area contributed by atoms with E-state index in [0.717, 1.165) is 10.4 Å². The fourth-order valence-corrected chi connectivity index (χ4v) is 3.87. The number of halogens is 1. The third kappa shape index (κ3) is 1.20. The van der Waals surface area contributed by atoms with Gasteiger partial charge in [0.2, 0.25) is 0 Å². The molecule has 14 heavy (non-hydrogen) atoms. The van der Waals surface area contributed by atoms with Gasteiger partial charge in [0, 0.05) is 31.7 Å². The number of hydrogen-bond donors (Lipinski definition) is 1. The largest absolute Gasteiger partial charge is 0.319 e. The van der Waals surface area contributed by atoms with E-state index in [9.17, 15) is 0 Å². The summed E-state index contributed by atoms with van der Waals surface area (Å²) in [7, 11) is 3.35. The highest BCUT2D eigenvalue weighted by atomic mass is 35.5. The topological polar surface area (TPSA) is 12.0 Å². The minimum absolute atomic E-state index is 0.830. The molecule has 1 heterocycles. The maximum absolute atomic E-state index is 6.19. The van der Waals surface area contributed by atoms with Gasteiger partial charge in [0.25, 0.3) is 0 Å². The van der Waals surface area contributed by atoms with Crippen molar-refractivity contribution in [1.82, 2.24) is 0 Å². The molecule has 0 unspecified atom stereocenters. The van der Waals surface area contributed by atoms with Crippen molar-refractivity contribution in [3.8, 4) is 0 Å². The molecule has 0 amide bonds. The molecule has 1 nitrogen and oxygen atoms in total. The van der Waals surface area contributed by atoms with Crippen molar-refractivity contribution in [2.45, 2.75) is 4.90 Å². The third-order valence-corrected chi connectivity index (χ3v) is 4.46. The Morgan fingerprint density at radius 2 is 1.93 bits per heavy atom. The molecule has 1 N–H and O–H groups in total. The Kier molecular flexibility index (Phi) is 2.04. The minimum atomic E-state index is 0.830. The smallest absolute Gasteiger partial charge is 0.0674 e. The van der Waals surface area contributed by atoms with E-state index in [2.05, 4.69) is 10.8 Å². The quantitative estimate of drug-likeness (QED) is 0.534. The number of rotatable bonds is 0. The number of anilines is 1. The van der Waals surface area contributed by atoms with Crippen molar-refractivity contribution in [2.24, 2.45) is 0 Å². The van der Waals surface area contributed by atoms with Crippen LogP contribution in [-0.2, 0) is 0 Å². The summed E-state index contributed by atoms with van der Waals surface area (Å²) in [6, 6.07) is 10.2. The van der Waals surface area contributed by atoms with Crippen LogP contribution in [0.5, 0.6) is 0 Å². The summed E-state index contributed by atoms with van der Waals surface area (Å²) in [6.07, 6.45) is 0. The molecule has 0 atom stereocenters. The zero-order valence-electron chi connectivity index (χ0n) is 7.08. The van der Waals surface area contributed by atoms with E-state index in [4.69, 9.17) is 11.6 Å². The van der Waals surface area contributed by atoms with Crippen LogP contribution in [-0.4, -0.2) is 0 Å². The lowest BCUT2D eigenvalue weighted by molar-refractivity contribution is 1.53. The van der Waals surface area contributed by atoms with Gasteiger partial charge in [-0.1, -0.05) is 35.9 Å². The molecule has 2 aromatic carbocycles. The van der Waals surface area contributed by atoms with Crippen LogP contribution >= 0.6 is 33.4 Å². The summed E-state index contributed by atoms with van der Waals surface area (Å²) in [4.78, 5) is 1.22. The second-order valence-electron chi connectivity index (χ2n) is 3.05.